The zero-order chi connectivity index (χ0) is 40.9. The second-order valence-electron chi connectivity index (χ2n) is 17.0. The van der Waals surface area contributed by atoms with Crippen LogP contribution in [0.5, 0.6) is 0 Å². The second kappa shape index (κ2) is 18.4. The standard InChI is InChI=1S/2C21H25ClN2.C4H6O5/c2*1-21(2)14-24(11-10-23-21)20-13-18(15-6-4-3-5-7-15)17-9-8-16(22)12-19(17)20;5-2(4(8)9)1-3(6)7/h2*3-9,12,18,20,23H,10-11,13-14H2,1-2H3;2,5H,1H2,(H,6,7)(H,8,9)/t2*18-,20+;/m00./s1. The van der Waals surface area contributed by atoms with Crippen molar-refractivity contribution in [3.63, 3.8) is 0 Å². The van der Waals surface area contributed by atoms with Crippen LogP contribution < -0.4 is 10.6 Å². The van der Waals surface area contributed by atoms with Gasteiger partial charge in [0.1, 0.15) is 0 Å². The molecule has 1 unspecified atom stereocenters. The molecule has 2 aliphatic heterocycles. The van der Waals surface area contributed by atoms with Crippen LogP contribution in [0, 0.1) is 0 Å². The van der Waals surface area contributed by atoms with Gasteiger partial charge in [-0.25, -0.2) is 4.79 Å². The van der Waals surface area contributed by atoms with Gasteiger partial charge in [-0.05, 0) is 98.2 Å². The van der Waals surface area contributed by atoms with Gasteiger partial charge < -0.3 is 26.0 Å². The van der Waals surface area contributed by atoms with E-state index in [0.717, 1.165) is 62.2 Å². The van der Waals surface area contributed by atoms with Crippen molar-refractivity contribution in [1.82, 2.24) is 20.4 Å². The minimum atomic E-state index is -1.79. The fourth-order valence-corrected chi connectivity index (χ4v) is 9.46. The minimum absolute atomic E-state index is 0.168. The topological polar surface area (TPSA) is 125 Å². The van der Waals surface area contributed by atoms with Gasteiger partial charge in [-0.15, -0.1) is 0 Å². The van der Waals surface area contributed by atoms with Crippen molar-refractivity contribution in [3.05, 3.63) is 140 Å². The molecular weight excluding hydrogens is 759 g/mol. The lowest BCUT2D eigenvalue weighted by atomic mass is 9.93. The van der Waals surface area contributed by atoms with Gasteiger partial charge in [-0.2, -0.15) is 0 Å². The van der Waals surface area contributed by atoms with Gasteiger partial charge in [0, 0.05) is 84.3 Å². The number of piperazine rings is 2. The Labute approximate surface area is 347 Å². The molecule has 0 amide bonds. The number of nitrogens with zero attached hydrogens (tertiary/aromatic N) is 2. The summed E-state index contributed by atoms with van der Waals surface area (Å²) < 4.78 is 0. The molecule has 2 heterocycles. The van der Waals surface area contributed by atoms with Crippen LogP contribution in [0.3, 0.4) is 0 Å². The molecule has 2 fully saturated rings. The number of fused-ring (bicyclic) bond motifs is 2. The molecule has 0 radical (unpaired) electrons. The Kier molecular flexibility index (Phi) is 13.8. The maximum absolute atomic E-state index is 9.72. The first-order valence-electron chi connectivity index (χ1n) is 19.9. The summed E-state index contributed by atoms with van der Waals surface area (Å²) in [6.45, 7) is 15.6. The van der Waals surface area contributed by atoms with Gasteiger partial charge in [-0.1, -0.05) is 96.0 Å². The molecule has 5 atom stereocenters. The smallest absolute Gasteiger partial charge is 0.333 e. The van der Waals surface area contributed by atoms with Crippen LogP contribution in [0.25, 0.3) is 0 Å². The van der Waals surface area contributed by atoms with Crippen molar-refractivity contribution in [3.8, 4) is 0 Å². The third-order valence-corrected chi connectivity index (χ3v) is 12.1. The highest BCUT2D eigenvalue weighted by Crippen LogP contribution is 2.49. The average Bonchev–Trinajstić information content (AvgIpc) is 3.73. The molecule has 0 bridgehead atoms. The molecule has 5 N–H and O–H groups in total. The Morgan fingerprint density at radius 1 is 0.667 bits per heavy atom. The van der Waals surface area contributed by atoms with Crippen LogP contribution in [-0.2, 0) is 9.59 Å². The summed E-state index contributed by atoms with van der Waals surface area (Å²) in [7, 11) is 0. The number of aliphatic hydroxyl groups excluding tert-OH is 1. The number of carbonyl (C=O) groups is 2. The van der Waals surface area contributed by atoms with E-state index in [9.17, 15) is 9.59 Å². The van der Waals surface area contributed by atoms with Crippen molar-refractivity contribution in [2.75, 3.05) is 39.3 Å². The SMILES string of the molecule is CC1(C)CN([C@@H]2C[C@@H](c3ccccc3)c3ccc(Cl)cc32)CCN1.CC1(C)CN([C@@H]2C[C@@H](c3ccccc3)c3ccc(Cl)cc32)CCN1.O=C(O)CC(O)C(=O)O. The van der Waals surface area contributed by atoms with Crippen molar-refractivity contribution < 1.29 is 24.9 Å². The van der Waals surface area contributed by atoms with Crippen LogP contribution in [-0.4, -0.2) is 93.5 Å². The van der Waals surface area contributed by atoms with Crippen molar-refractivity contribution in [2.45, 2.75) is 88.1 Å². The van der Waals surface area contributed by atoms with Gasteiger partial charge in [0.05, 0.1) is 6.42 Å². The number of nitrogens with one attached hydrogen (secondary N) is 2. The van der Waals surface area contributed by atoms with Crippen LogP contribution >= 0.6 is 23.2 Å². The Morgan fingerprint density at radius 3 is 1.40 bits per heavy atom. The van der Waals surface area contributed by atoms with E-state index in [1.165, 1.54) is 33.4 Å². The number of hydrogen-bond acceptors (Lipinski definition) is 7. The van der Waals surface area contributed by atoms with Gasteiger partial charge in [0.2, 0.25) is 0 Å². The number of rotatable bonds is 7. The molecule has 9 nitrogen and oxygen atoms in total. The molecule has 8 rings (SSSR count). The maximum atomic E-state index is 9.72. The normalized spacial score (nSPS) is 24.1. The average molecular weight is 816 g/mol. The Hall–Kier alpha value is -3.80. The van der Waals surface area contributed by atoms with E-state index in [1.54, 1.807) is 0 Å². The highest BCUT2D eigenvalue weighted by molar-refractivity contribution is 6.31. The van der Waals surface area contributed by atoms with Gasteiger partial charge in [0.25, 0.3) is 0 Å². The zero-order valence-corrected chi connectivity index (χ0v) is 34.8. The van der Waals surface area contributed by atoms with Crippen molar-refractivity contribution >= 4 is 35.1 Å². The fraction of sp³-hybridized carbons (Fsp3) is 0.435. The lowest BCUT2D eigenvalue weighted by Gasteiger charge is -2.42. The summed E-state index contributed by atoms with van der Waals surface area (Å²) in [6.07, 6.45) is -0.247. The molecule has 11 heteroatoms. The molecule has 0 aromatic heterocycles. The summed E-state index contributed by atoms with van der Waals surface area (Å²) >= 11 is 12.7. The highest BCUT2D eigenvalue weighted by atomic mass is 35.5. The first-order chi connectivity index (χ1) is 27.1. The predicted molar refractivity (Wildman–Crippen MR) is 227 cm³/mol. The molecule has 2 saturated heterocycles. The number of aliphatic carboxylic acids is 2. The molecule has 4 aromatic rings. The molecule has 57 heavy (non-hydrogen) atoms. The quantitative estimate of drug-likeness (QED) is 0.126. The molecule has 304 valence electrons. The van der Waals surface area contributed by atoms with Crippen LogP contribution in [0.2, 0.25) is 10.0 Å². The van der Waals surface area contributed by atoms with Crippen LogP contribution in [0.1, 0.15) is 104 Å². The summed E-state index contributed by atoms with van der Waals surface area (Å²) in [4.78, 5) is 24.7. The van der Waals surface area contributed by atoms with E-state index in [0.29, 0.717) is 23.9 Å². The lowest BCUT2D eigenvalue weighted by Crippen LogP contribution is -2.57. The van der Waals surface area contributed by atoms with E-state index in [1.807, 2.05) is 12.1 Å². The van der Waals surface area contributed by atoms with E-state index in [-0.39, 0.29) is 11.1 Å². The molecule has 4 aliphatic rings. The minimum Gasteiger partial charge on any atom is -0.481 e. The van der Waals surface area contributed by atoms with Gasteiger partial charge in [-0.3, -0.25) is 14.6 Å². The third-order valence-electron chi connectivity index (χ3n) is 11.6. The Morgan fingerprint density at radius 2 is 1.07 bits per heavy atom. The van der Waals surface area contributed by atoms with E-state index in [4.69, 9.17) is 38.5 Å². The Balaban J connectivity index is 0.000000160. The van der Waals surface area contributed by atoms with Crippen molar-refractivity contribution in [1.29, 1.82) is 0 Å². The third kappa shape index (κ3) is 10.8. The first kappa shape index (κ1) is 42.8. The molecule has 4 aromatic carbocycles. The largest absolute Gasteiger partial charge is 0.481 e. The summed E-state index contributed by atoms with van der Waals surface area (Å²) in [5, 5.41) is 33.1. The molecule has 2 aliphatic carbocycles. The van der Waals surface area contributed by atoms with Gasteiger partial charge in [0.15, 0.2) is 6.10 Å². The monoisotopic (exact) mass is 814 g/mol. The predicted octanol–water partition coefficient (Wildman–Crippen LogP) is 8.11. The molecular formula is C46H56Cl2N4O5. The van der Waals surface area contributed by atoms with Gasteiger partial charge >= 0.3 is 11.9 Å². The second-order valence-corrected chi connectivity index (χ2v) is 17.9. The number of carboxylic acids is 2. The number of carboxylic acid groups (broad SMARTS) is 2. The van der Waals surface area contributed by atoms with E-state index in [2.05, 4.69) is 133 Å². The molecule has 0 saturated carbocycles. The lowest BCUT2D eigenvalue weighted by molar-refractivity contribution is -0.152. The number of aliphatic hydroxyl groups is 1. The van der Waals surface area contributed by atoms with E-state index >= 15 is 0 Å². The number of benzene rings is 4. The number of hydrogen-bond donors (Lipinski definition) is 5. The fourth-order valence-electron chi connectivity index (χ4n) is 9.10. The summed E-state index contributed by atoms with van der Waals surface area (Å²) in [6, 6.07) is 35.7. The summed E-state index contributed by atoms with van der Waals surface area (Å²) in [5.41, 5.74) is 8.92. The zero-order valence-electron chi connectivity index (χ0n) is 33.3. The number of halogens is 2. The van der Waals surface area contributed by atoms with Crippen molar-refractivity contribution in [2.24, 2.45) is 0 Å². The van der Waals surface area contributed by atoms with Crippen LogP contribution in [0.15, 0.2) is 97.1 Å². The Bertz CT molecular complexity index is 1870. The highest BCUT2D eigenvalue weighted by Gasteiger charge is 2.40. The van der Waals surface area contributed by atoms with Crippen LogP contribution in [0.4, 0.5) is 0 Å². The maximum Gasteiger partial charge on any atom is 0.333 e. The first-order valence-corrected chi connectivity index (χ1v) is 20.7. The molecule has 0 spiro atoms. The summed E-state index contributed by atoms with van der Waals surface area (Å²) in [5.74, 6) is -1.90. The van der Waals surface area contributed by atoms with E-state index < -0.39 is 24.5 Å².